The van der Waals surface area contributed by atoms with Crippen LogP contribution in [-0.4, -0.2) is 34.8 Å². The van der Waals surface area contributed by atoms with Crippen LogP contribution in [0.3, 0.4) is 0 Å². The molecule has 1 aromatic heterocycles. The van der Waals surface area contributed by atoms with Crippen molar-refractivity contribution >= 4 is 28.3 Å². The molecule has 104 valence electrons. The lowest BCUT2D eigenvalue weighted by atomic mass is 10.3. The average Bonchev–Trinajstić information content (AvgIpc) is 3.15. The first-order valence-electron chi connectivity index (χ1n) is 6.67. The van der Waals surface area contributed by atoms with Gasteiger partial charge in [-0.2, -0.15) is 0 Å². The molecule has 6 heteroatoms. The summed E-state index contributed by atoms with van der Waals surface area (Å²) >= 11 is 1.38. The fourth-order valence-corrected chi connectivity index (χ4v) is 2.55. The molecule has 0 bridgehead atoms. The molecular formula is C13H19N3O2S. The lowest BCUT2D eigenvalue weighted by Gasteiger charge is -2.17. The molecule has 19 heavy (non-hydrogen) atoms. The Bertz CT molecular complexity index is 464. The molecule has 0 aromatic carbocycles. The van der Waals surface area contributed by atoms with Gasteiger partial charge >= 0.3 is 0 Å². The second-order valence-corrected chi connectivity index (χ2v) is 5.51. The van der Waals surface area contributed by atoms with Crippen molar-refractivity contribution < 1.29 is 9.59 Å². The summed E-state index contributed by atoms with van der Waals surface area (Å²) in [6, 6.07) is 0. The number of carbonyl (C=O) groups is 2. The first kappa shape index (κ1) is 14.0. The third kappa shape index (κ3) is 3.76. The number of carbonyl (C=O) groups excluding carboxylic acids is 2. The number of rotatable bonds is 6. The van der Waals surface area contributed by atoms with E-state index in [0.717, 1.165) is 18.5 Å². The van der Waals surface area contributed by atoms with Crippen LogP contribution in [0, 0.1) is 5.92 Å². The molecule has 1 N–H and O–H groups in total. The molecule has 1 aromatic rings. The van der Waals surface area contributed by atoms with Gasteiger partial charge in [-0.05, 0) is 26.7 Å². The Hall–Kier alpha value is -1.43. The van der Waals surface area contributed by atoms with Gasteiger partial charge in [0.25, 0.3) is 0 Å². The van der Waals surface area contributed by atoms with Crippen LogP contribution >= 0.6 is 11.3 Å². The summed E-state index contributed by atoms with van der Waals surface area (Å²) in [5, 5.41) is 5.23. The molecule has 1 aliphatic rings. The zero-order valence-corrected chi connectivity index (χ0v) is 12.1. The second-order valence-electron chi connectivity index (χ2n) is 4.65. The number of aromatic nitrogens is 1. The highest BCUT2D eigenvalue weighted by Crippen LogP contribution is 2.30. The number of anilines is 1. The molecule has 1 aliphatic carbocycles. The van der Waals surface area contributed by atoms with Crippen LogP contribution in [0.4, 0.5) is 5.13 Å². The lowest BCUT2D eigenvalue weighted by Crippen LogP contribution is -2.31. The van der Waals surface area contributed by atoms with Gasteiger partial charge in [0.2, 0.25) is 11.8 Å². The van der Waals surface area contributed by atoms with Crippen molar-refractivity contribution in [2.24, 2.45) is 5.92 Å². The zero-order valence-electron chi connectivity index (χ0n) is 11.3. The van der Waals surface area contributed by atoms with Crippen LogP contribution in [0.15, 0.2) is 5.38 Å². The lowest BCUT2D eigenvalue weighted by molar-refractivity contribution is -0.130. The number of nitrogens with zero attached hydrogens (tertiary/aromatic N) is 2. The van der Waals surface area contributed by atoms with Crippen LogP contribution < -0.4 is 5.32 Å². The number of amides is 2. The van der Waals surface area contributed by atoms with Crippen molar-refractivity contribution in [3.05, 3.63) is 11.1 Å². The van der Waals surface area contributed by atoms with Crippen LogP contribution in [0.2, 0.25) is 0 Å². The number of nitrogens with one attached hydrogen (secondary N) is 1. The van der Waals surface area contributed by atoms with Gasteiger partial charge < -0.3 is 10.2 Å². The predicted octanol–water partition coefficient (Wildman–Crippen LogP) is 1.90. The summed E-state index contributed by atoms with van der Waals surface area (Å²) in [6.45, 7) is 5.35. The largest absolute Gasteiger partial charge is 0.343 e. The highest BCUT2D eigenvalue weighted by atomic mass is 32.1. The van der Waals surface area contributed by atoms with Crippen molar-refractivity contribution in [3.63, 3.8) is 0 Å². The minimum absolute atomic E-state index is 0.0518. The van der Waals surface area contributed by atoms with Crippen molar-refractivity contribution in [2.75, 3.05) is 18.4 Å². The average molecular weight is 281 g/mol. The third-order valence-electron chi connectivity index (χ3n) is 3.18. The molecule has 1 heterocycles. The maximum absolute atomic E-state index is 11.9. The molecule has 2 amide bonds. The van der Waals surface area contributed by atoms with Crippen molar-refractivity contribution in [3.8, 4) is 0 Å². The van der Waals surface area contributed by atoms with Crippen LogP contribution in [0.1, 0.15) is 32.4 Å². The van der Waals surface area contributed by atoms with Gasteiger partial charge in [0, 0.05) is 24.4 Å². The zero-order chi connectivity index (χ0) is 13.8. The minimum Gasteiger partial charge on any atom is -0.343 e. The van der Waals surface area contributed by atoms with Gasteiger partial charge in [0.05, 0.1) is 12.1 Å². The van der Waals surface area contributed by atoms with Crippen molar-refractivity contribution in [2.45, 2.75) is 33.1 Å². The van der Waals surface area contributed by atoms with Gasteiger partial charge in [0.1, 0.15) is 0 Å². The topological polar surface area (TPSA) is 62.3 Å². The van der Waals surface area contributed by atoms with Crippen LogP contribution in [-0.2, 0) is 16.0 Å². The van der Waals surface area contributed by atoms with Gasteiger partial charge in [-0.3, -0.25) is 9.59 Å². The van der Waals surface area contributed by atoms with Gasteiger partial charge in [-0.25, -0.2) is 4.98 Å². The molecule has 0 radical (unpaired) electrons. The second kappa shape index (κ2) is 6.14. The van der Waals surface area contributed by atoms with E-state index in [9.17, 15) is 9.59 Å². The predicted molar refractivity (Wildman–Crippen MR) is 75.1 cm³/mol. The first-order valence-corrected chi connectivity index (χ1v) is 7.55. The van der Waals surface area contributed by atoms with E-state index in [0.29, 0.717) is 24.6 Å². The van der Waals surface area contributed by atoms with E-state index in [2.05, 4.69) is 10.3 Å². The van der Waals surface area contributed by atoms with E-state index in [1.807, 2.05) is 19.2 Å². The fraction of sp³-hybridized carbons (Fsp3) is 0.615. The molecule has 2 rings (SSSR count). The molecule has 0 saturated heterocycles. The van der Waals surface area contributed by atoms with Crippen LogP contribution in [0.25, 0.3) is 0 Å². The Morgan fingerprint density at radius 1 is 1.42 bits per heavy atom. The maximum atomic E-state index is 11.9. The Kier molecular flexibility index (Phi) is 4.52. The third-order valence-corrected chi connectivity index (χ3v) is 3.99. The summed E-state index contributed by atoms with van der Waals surface area (Å²) in [7, 11) is 0. The molecule has 0 aliphatic heterocycles. The summed E-state index contributed by atoms with van der Waals surface area (Å²) in [5.74, 6) is 0.302. The molecule has 0 unspecified atom stereocenters. The Morgan fingerprint density at radius 3 is 2.68 bits per heavy atom. The minimum atomic E-state index is 0.0518. The van der Waals surface area contributed by atoms with Gasteiger partial charge in [0.15, 0.2) is 5.13 Å². The van der Waals surface area contributed by atoms with E-state index < -0.39 is 0 Å². The molecule has 0 spiro atoms. The van der Waals surface area contributed by atoms with Crippen molar-refractivity contribution in [1.82, 2.24) is 9.88 Å². The first-order chi connectivity index (χ1) is 9.13. The van der Waals surface area contributed by atoms with Gasteiger partial charge in [-0.15, -0.1) is 11.3 Å². The highest BCUT2D eigenvalue weighted by Gasteiger charge is 2.30. The summed E-state index contributed by atoms with van der Waals surface area (Å²) in [4.78, 5) is 29.6. The van der Waals surface area contributed by atoms with E-state index in [1.165, 1.54) is 11.3 Å². The Morgan fingerprint density at radius 2 is 2.11 bits per heavy atom. The number of thiazole rings is 1. The summed E-state index contributed by atoms with van der Waals surface area (Å²) < 4.78 is 0. The monoisotopic (exact) mass is 281 g/mol. The van der Waals surface area contributed by atoms with Crippen LogP contribution in [0.5, 0.6) is 0 Å². The molecule has 5 nitrogen and oxygen atoms in total. The van der Waals surface area contributed by atoms with Gasteiger partial charge in [-0.1, -0.05) is 0 Å². The van der Waals surface area contributed by atoms with E-state index >= 15 is 0 Å². The van der Waals surface area contributed by atoms with Crippen molar-refractivity contribution in [1.29, 1.82) is 0 Å². The molecule has 0 atom stereocenters. The normalized spacial score (nSPS) is 14.2. The molecular weight excluding hydrogens is 262 g/mol. The Labute approximate surface area is 117 Å². The maximum Gasteiger partial charge on any atom is 0.229 e. The smallest absolute Gasteiger partial charge is 0.229 e. The Balaban J connectivity index is 1.89. The highest BCUT2D eigenvalue weighted by molar-refractivity contribution is 7.13. The molecule has 1 fully saturated rings. The molecule has 1 saturated carbocycles. The quantitative estimate of drug-likeness (QED) is 0.866. The van der Waals surface area contributed by atoms with E-state index in [-0.39, 0.29) is 17.7 Å². The number of hydrogen-bond donors (Lipinski definition) is 1. The summed E-state index contributed by atoms with van der Waals surface area (Å²) in [6.07, 6.45) is 2.26. The van der Waals surface area contributed by atoms with E-state index in [4.69, 9.17) is 0 Å². The standard InChI is InChI=1S/C13H19N3O2S/c1-3-16(4-2)11(17)7-10-8-19-13(14-10)15-12(18)9-5-6-9/h8-9H,3-7H2,1-2H3,(H,14,15,18). The summed E-state index contributed by atoms with van der Waals surface area (Å²) in [5.41, 5.74) is 0.730. The SMILES string of the molecule is CCN(CC)C(=O)Cc1csc(NC(=O)C2CC2)n1. The number of hydrogen-bond acceptors (Lipinski definition) is 4. The fourth-order valence-electron chi connectivity index (χ4n) is 1.84. The number of likely N-dealkylation sites (N-methyl/N-ethyl adjacent to an activating group) is 1. The van der Waals surface area contributed by atoms with E-state index in [1.54, 1.807) is 4.90 Å².